The van der Waals surface area contributed by atoms with E-state index in [1.54, 1.807) is 29.0 Å². The molecule has 4 rings (SSSR count). The largest absolute Gasteiger partial charge is 0.505 e. The molecule has 8 heteroatoms. The minimum Gasteiger partial charge on any atom is -0.505 e. The third-order valence-corrected chi connectivity index (χ3v) is 5.13. The minimum absolute atomic E-state index is 0.0194. The number of aromatic hydroxyl groups is 1. The van der Waals surface area contributed by atoms with Gasteiger partial charge in [0.1, 0.15) is 16.9 Å². The van der Waals surface area contributed by atoms with E-state index in [9.17, 15) is 19.1 Å². The summed E-state index contributed by atoms with van der Waals surface area (Å²) in [4.78, 5) is 30.0. The molecular formula is C22H22FN3O4. The van der Waals surface area contributed by atoms with Gasteiger partial charge in [0, 0.05) is 25.9 Å². The Labute approximate surface area is 172 Å². The van der Waals surface area contributed by atoms with Gasteiger partial charge < -0.3 is 19.7 Å². The average molecular weight is 411 g/mol. The van der Waals surface area contributed by atoms with Crippen LogP contribution in [-0.2, 0) is 11.2 Å². The van der Waals surface area contributed by atoms with Crippen LogP contribution in [0.1, 0.15) is 40.4 Å². The molecule has 2 N–H and O–H groups in total. The van der Waals surface area contributed by atoms with Crippen LogP contribution in [0.3, 0.4) is 0 Å². The maximum Gasteiger partial charge on any atom is 0.268 e. The molecule has 1 aliphatic carbocycles. The van der Waals surface area contributed by atoms with Gasteiger partial charge in [0.05, 0.1) is 12.1 Å². The number of amides is 1. The summed E-state index contributed by atoms with van der Waals surface area (Å²) in [5.41, 5.74) is 1.59. The molecule has 3 aromatic rings. The first-order chi connectivity index (χ1) is 14.5. The predicted octanol–water partition coefficient (Wildman–Crippen LogP) is 2.54. The van der Waals surface area contributed by atoms with Crippen LogP contribution in [0.15, 0.2) is 41.3 Å². The van der Waals surface area contributed by atoms with E-state index in [1.165, 1.54) is 19.2 Å². The van der Waals surface area contributed by atoms with Gasteiger partial charge >= 0.3 is 0 Å². The second kappa shape index (κ2) is 8.23. The van der Waals surface area contributed by atoms with Crippen LogP contribution in [-0.4, -0.2) is 40.8 Å². The molecule has 1 saturated carbocycles. The third-order valence-electron chi connectivity index (χ3n) is 5.13. The lowest BCUT2D eigenvalue weighted by Gasteiger charge is -2.15. The molecule has 1 aliphatic rings. The number of fused-ring (bicyclic) bond motifs is 1. The fourth-order valence-electron chi connectivity index (χ4n) is 3.50. The molecule has 7 nitrogen and oxygen atoms in total. The number of rotatable bonds is 7. The molecule has 0 aliphatic heterocycles. The SMILES string of the molecule is COCCNC(=O)c1c(O)c2ncc(Cc3ccc(F)cc3)cc2n(C2CC2)c1=O. The monoisotopic (exact) mass is 411 g/mol. The van der Waals surface area contributed by atoms with E-state index in [2.05, 4.69) is 10.3 Å². The predicted molar refractivity (Wildman–Crippen MR) is 109 cm³/mol. The van der Waals surface area contributed by atoms with Crippen molar-refractivity contribution in [3.8, 4) is 5.75 Å². The molecule has 0 saturated heterocycles. The maximum atomic E-state index is 13.2. The second-order valence-corrected chi connectivity index (χ2v) is 7.39. The molecule has 1 amide bonds. The zero-order chi connectivity index (χ0) is 21.3. The van der Waals surface area contributed by atoms with Gasteiger partial charge in [-0.3, -0.25) is 14.6 Å². The van der Waals surface area contributed by atoms with Gasteiger partial charge in [0.15, 0.2) is 5.75 Å². The van der Waals surface area contributed by atoms with E-state index < -0.39 is 17.2 Å². The number of nitrogens with zero attached hydrogens (tertiary/aromatic N) is 2. The van der Waals surface area contributed by atoms with E-state index in [4.69, 9.17) is 4.74 Å². The average Bonchev–Trinajstić information content (AvgIpc) is 3.55. The standard InChI is InChI=1S/C22H22FN3O4/c1-30-9-8-24-21(28)18-20(27)19-17(26(22(18)29)16-6-7-16)11-14(12-25-19)10-13-2-4-15(23)5-3-13/h2-5,11-12,16,27H,6-10H2,1H3,(H,24,28). The van der Waals surface area contributed by atoms with Gasteiger partial charge in [-0.05, 0) is 48.6 Å². The van der Waals surface area contributed by atoms with Crippen LogP contribution in [0.4, 0.5) is 4.39 Å². The number of hydrogen-bond donors (Lipinski definition) is 2. The third kappa shape index (κ3) is 3.91. The topological polar surface area (TPSA) is 93.4 Å². The summed E-state index contributed by atoms with van der Waals surface area (Å²) in [5, 5.41) is 13.3. The van der Waals surface area contributed by atoms with Gasteiger partial charge in [-0.1, -0.05) is 12.1 Å². The second-order valence-electron chi connectivity index (χ2n) is 7.39. The number of methoxy groups -OCH3 is 1. The lowest BCUT2D eigenvalue weighted by molar-refractivity contribution is 0.0932. The first-order valence-corrected chi connectivity index (χ1v) is 9.77. The summed E-state index contributed by atoms with van der Waals surface area (Å²) in [7, 11) is 1.51. The number of ether oxygens (including phenoxy) is 1. The van der Waals surface area contributed by atoms with Crippen LogP contribution in [0.2, 0.25) is 0 Å². The summed E-state index contributed by atoms with van der Waals surface area (Å²) in [6.07, 6.45) is 3.75. The van der Waals surface area contributed by atoms with Gasteiger partial charge in [-0.25, -0.2) is 4.39 Å². The number of nitrogens with one attached hydrogen (secondary N) is 1. The Bertz CT molecular complexity index is 1150. The highest BCUT2D eigenvalue weighted by Gasteiger charge is 2.31. The van der Waals surface area contributed by atoms with Crippen LogP contribution in [0, 0.1) is 5.82 Å². The van der Waals surface area contributed by atoms with E-state index in [0.717, 1.165) is 24.0 Å². The zero-order valence-electron chi connectivity index (χ0n) is 16.5. The van der Waals surface area contributed by atoms with Gasteiger partial charge in [-0.2, -0.15) is 0 Å². The van der Waals surface area contributed by atoms with E-state index in [-0.39, 0.29) is 29.5 Å². The Morgan fingerprint density at radius 1 is 1.30 bits per heavy atom. The van der Waals surface area contributed by atoms with Crippen molar-refractivity contribution in [1.82, 2.24) is 14.9 Å². The van der Waals surface area contributed by atoms with Crippen molar-refractivity contribution in [3.05, 3.63) is 69.4 Å². The highest BCUT2D eigenvalue weighted by Crippen LogP contribution is 2.38. The van der Waals surface area contributed by atoms with Crippen molar-refractivity contribution in [2.45, 2.75) is 25.3 Å². The Kier molecular flexibility index (Phi) is 5.50. The van der Waals surface area contributed by atoms with Crippen LogP contribution < -0.4 is 10.9 Å². The van der Waals surface area contributed by atoms with Crippen molar-refractivity contribution >= 4 is 16.9 Å². The summed E-state index contributed by atoms with van der Waals surface area (Å²) >= 11 is 0. The first kappa shape index (κ1) is 20.0. The van der Waals surface area contributed by atoms with E-state index >= 15 is 0 Å². The van der Waals surface area contributed by atoms with Crippen LogP contribution >= 0.6 is 0 Å². The quantitative estimate of drug-likeness (QED) is 0.583. The van der Waals surface area contributed by atoms with Crippen LogP contribution in [0.5, 0.6) is 5.75 Å². The molecule has 0 unspecified atom stereocenters. The van der Waals surface area contributed by atoms with Gasteiger partial charge in [0.2, 0.25) is 0 Å². The molecule has 0 radical (unpaired) electrons. The minimum atomic E-state index is -0.650. The normalized spacial score (nSPS) is 13.5. The van der Waals surface area contributed by atoms with E-state index in [0.29, 0.717) is 18.5 Å². The van der Waals surface area contributed by atoms with Crippen molar-refractivity contribution in [3.63, 3.8) is 0 Å². The molecule has 0 atom stereocenters. The Morgan fingerprint density at radius 2 is 2.03 bits per heavy atom. The number of hydrogen-bond acceptors (Lipinski definition) is 5. The van der Waals surface area contributed by atoms with Gasteiger partial charge in [0.25, 0.3) is 11.5 Å². The van der Waals surface area contributed by atoms with Crippen molar-refractivity contribution in [2.24, 2.45) is 0 Å². The van der Waals surface area contributed by atoms with Crippen molar-refractivity contribution < 1.29 is 19.0 Å². The number of carbonyl (C=O) groups excluding carboxylic acids is 1. The molecule has 2 heterocycles. The summed E-state index contributed by atoms with van der Waals surface area (Å²) in [5.74, 6) is -1.38. The number of benzene rings is 1. The van der Waals surface area contributed by atoms with Crippen molar-refractivity contribution in [1.29, 1.82) is 0 Å². The summed E-state index contributed by atoms with van der Waals surface area (Å²) in [6, 6.07) is 7.96. The number of aromatic nitrogens is 2. The molecule has 0 spiro atoms. The Balaban J connectivity index is 1.77. The van der Waals surface area contributed by atoms with Crippen molar-refractivity contribution in [2.75, 3.05) is 20.3 Å². The maximum absolute atomic E-state index is 13.2. The highest BCUT2D eigenvalue weighted by molar-refractivity contribution is 6.01. The lowest BCUT2D eigenvalue weighted by Crippen LogP contribution is -2.34. The molecule has 1 fully saturated rings. The number of pyridine rings is 2. The molecule has 1 aromatic carbocycles. The smallest absolute Gasteiger partial charge is 0.268 e. The zero-order valence-corrected chi connectivity index (χ0v) is 16.5. The molecule has 2 aromatic heterocycles. The fourth-order valence-corrected chi connectivity index (χ4v) is 3.50. The molecular weight excluding hydrogens is 389 g/mol. The Hall–Kier alpha value is -3.26. The highest BCUT2D eigenvalue weighted by atomic mass is 19.1. The molecule has 30 heavy (non-hydrogen) atoms. The first-order valence-electron chi connectivity index (χ1n) is 9.77. The lowest BCUT2D eigenvalue weighted by atomic mass is 10.1. The van der Waals surface area contributed by atoms with E-state index in [1.807, 2.05) is 0 Å². The number of halogens is 1. The summed E-state index contributed by atoms with van der Waals surface area (Å²) in [6.45, 7) is 0.515. The number of carbonyl (C=O) groups is 1. The summed E-state index contributed by atoms with van der Waals surface area (Å²) < 4.78 is 19.6. The molecule has 0 bridgehead atoms. The van der Waals surface area contributed by atoms with Crippen LogP contribution in [0.25, 0.3) is 11.0 Å². The fraction of sp³-hybridized carbons (Fsp3) is 0.318. The van der Waals surface area contributed by atoms with Gasteiger partial charge in [-0.15, -0.1) is 0 Å². The molecule has 156 valence electrons. The Morgan fingerprint density at radius 3 is 2.70 bits per heavy atom.